The van der Waals surface area contributed by atoms with Crippen LogP contribution in [0.25, 0.3) is 0 Å². The Bertz CT molecular complexity index is 772. The van der Waals surface area contributed by atoms with Crippen molar-refractivity contribution in [2.75, 3.05) is 13.2 Å². The molecule has 8 heteroatoms. The Hall–Kier alpha value is -2.12. The summed E-state index contributed by atoms with van der Waals surface area (Å²) in [6.07, 6.45) is 0. The molecule has 2 aromatic carbocycles. The van der Waals surface area contributed by atoms with Crippen molar-refractivity contribution >= 4 is 39.4 Å². The highest BCUT2D eigenvalue weighted by atomic mass is 79.9. The van der Waals surface area contributed by atoms with Gasteiger partial charge in [-0.1, -0.05) is 29.8 Å². The first-order valence-electron chi connectivity index (χ1n) is 7.19. The van der Waals surface area contributed by atoms with Crippen LogP contribution in [0.4, 0.5) is 4.39 Å². The molecule has 0 unspecified atom stereocenters. The topological polar surface area (TPSA) is 64.6 Å². The second-order valence-electron chi connectivity index (χ2n) is 4.89. The van der Waals surface area contributed by atoms with E-state index < -0.39 is 24.3 Å². The molecule has 25 heavy (non-hydrogen) atoms. The molecule has 0 aromatic heterocycles. The lowest BCUT2D eigenvalue weighted by atomic mass is 10.2. The number of hydrogen-bond acceptors (Lipinski definition) is 4. The van der Waals surface area contributed by atoms with Crippen LogP contribution in [0.3, 0.4) is 0 Å². The molecule has 2 rings (SSSR count). The smallest absolute Gasteiger partial charge is 0.344 e. The van der Waals surface area contributed by atoms with Crippen molar-refractivity contribution in [3.8, 4) is 5.75 Å². The SMILES string of the molecule is O=C(COC(=O)COc1ccc(Cl)cc1Br)NCc1ccccc1F. The van der Waals surface area contributed by atoms with E-state index in [9.17, 15) is 14.0 Å². The lowest BCUT2D eigenvalue weighted by Gasteiger charge is -2.09. The Kier molecular flexibility index (Phi) is 7.21. The third kappa shape index (κ3) is 6.36. The van der Waals surface area contributed by atoms with Crippen molar-refractivity contribution in [3.63, 3.8) is 0 Å². The van der Waals surface area contributed by atoms with Crippen LogP contribution in [-0.4, -0.2) is 25.1 Å². The number of halogens is 3. The minimum Gasteiger partial charge on any atom is -0.481 e. The summed E-state index contributed by atoms with van der Waals surface area (Å²) in [6.45, 7) is -0.823. The first kappa shape index (κ1) is 19.2. The fourth-order valence-electron chi connectivity index (χ4n) is 1.80. The van der Waals surface area contributed by atoms with Gasteiger partial charge in [-0.3, -0.25) is 4.79 Å². The van der Waals surface area contributed by atoms with Crippen molar-refractivity contribution in [1.29, 1.82) is 0 Å². The van der Waals surface area contributed by atoms with Crippen molar-refractivity contribution in [2.24, 2.45) is 0 Å². The molecule has 0 saturated heterocycles. The maximum Gasteiger partial charge on any atom is 0.344 e. The van der Waals surface area contributed by atoms with Crippen LogP contribution in [0, 0.1) is 5.82 Å². The molecule has 0 heterocycles. The number of amides is 1. The van der Waals surface area contributed by atoms with Crippen LogP contribution >= 0.6 is 27.5 Å². The molecule has 0 aliphatic carbocycles. The second-order valence-corrected chi connectivity index (χ2v) is 6.18. The van der Waals surface area contributed by atoms with E-state index in [0.29, 0.717) is 20.8 Å². The summed E-state index contributed by atoms with van der Waals surface area (Å²) in [5, 5.41) is 2.99. The van der Waals surface area contributed by atoms with E-state index in [0.717, 1.165) is 0 Å². The third-order valence-corrected chi connectivity index (χ3v) is 3.89. The number of esters is 1. The Morgan fingerprint density at radius 1 is 1.16 bits per heavy atom. The average Bonchev–Trinajstić information content (AvgIpc) is 2.58. The van der Waals surface area contributed by atoms with Gasteiger partial charge < -0.3 is 14.8 Å². The largest absolute Gasteiger partial charge is 0.481 e. The van der Waals surface area contributed by atoms with Crippen LogP contribution in [0.15, 0.2) is 46.9 Å². The van der Waals surface area contributed by atoms with E-state index >= 15 is 0 Å². The van der Waals surface area contributed by atoms with Gasteiger partial charge in [0.15, 0.2) is 13.2 Å². The van der Waals surface area contributed by atoms with Crippen LogP contribution in [0.2, 0.25) is 5.02 Å². The van der Waals surface area contributed by atoms with Crippen LogP contribution in [0.1, 0.15) is 5.56 Å². The van der Waals surface area contributed by atoms with Crippen LogP contribution in [-0.2, 0) is 20.9 Å². The number of ether oxygens (including phenoxy) is 2. The normalized spacial score (nSPS) is 10.2. The molecule has 0 aliphatic rings. The van der Waals surface area contributed by atoms with Gasteiger partial charge in [0.25, 0.3) is 5.91 Å². The minimum absolute atomic E-state index is 0.0112. The van der Waals surface area contributed by atoms with Gasteiger partial charge in [-0.15, -0.1) is 0 Å². The van der Waals surface area contributed by atoms with E-state index in [1.54, 1.807) is 36.4 Å². The number of carbonyl (C=O) groups excluding carboxylic acids is 2. The Morgan fingerprint density at radius 2 is 1.92 bits per heavy atom. The minimum atomic E-state index is -0.706. The summed E-state index contributed by atoms with van der Waals surface area (Å²) in [5.74, 6) is -1.24. The van der Waals surface area contributed by atoms with E-state index in [1.165, 1.54) is 6.07 Å². The molecule has 5 nitrogen and oxygen atoms in total. The Labute approximate surface area is 157 Å². The van der Waals surface area contributed by atoms with Crippen LogP contribution < -0.4 is 10.1 Å². The van der Waals surface area contributed by atoms with Gasteiger partial charge in [0.1, 0.15) is 11.6 Å². The predicted octanol–water partition coefficient (Wildman–Crippen LogP) is 3.48. The molecule has 132 valence electrons. The molecular formula is C17H14BrClFNO4. The van der Waals surface area contributed by atoms with Gasteiger partial charge >= 0.3 is 5.97 Å². The number of nitrogens with one attached hydrogen (secondary N) is 1. The molecule has 0 bridgehead atoms. The fourth-order valence-corrected chi connectivity index (χ4v) is 2.60. The van der Waals surface area contributed by atoms with Gasteiger partial charge in [-0.05, 0) is 40.2 Å². The number of carbonyl (C=O) groups is 2. The highest BCUT2D eigenvalue weighted by Gasteiger charge is 2.10. The Morgan fingerprint density at radius 3 is 2.64 bits per heavy atom. The van der Waals surface area contributed by atoms with E-state index in [2.05, 4.69) is 21.2 Å². The summed E-state index contributed by atoms with van der Waals surface area (Å²) in [5.41, 5.74) is 0.345. The zero-order valence-corrected chi connectivity index (χ0v) is 15.3. The molecule has 0 saturated carbocycles. The summed E-state index contributed by atoms with van der Waals surface area (Å²) >= 11 is 9.05. The number of rotatable bonds is 7. The van der Waals surface area contributed by atoms with Crippen molar-refractivity contribution < 1.29 is 23.5 Å². The highest BCUT2D eigenvalue weighted by molar-refractivity contribution is 9.10. The summed E-state index contributed by atoms with van der Waals surface area (Å²) in [7, 11) is 0. The molecule has 1 N–H and O–H groups in total. The summed E-state index contributed by atoms with van der Waals surface area (Å²) in [4.78, 5) is 23.2. The molecule has 0 atom stereocenters. The van der Waals surface area contributed by atoms with Crippen LogP contribution in [0.5, 0.6) is 5.75 Å². The molecule has 0 fully saturated rings. The molecule has 0 aliphatic heterocycles. The zero-order valence-electron chi connectivity index (χ0n) is 12.9. The lowest BCUT2D eigenvalue weighted by Crippen LogP contribution is -2.29. The first-order chi connectivity index (χ1) is 12.0. The summed E-state index contributed by atoms with van der Waals surface area (Å²) in [6, 6.07) is 10.9. The molecule has 2 aromatic rings. The third-order valence-electron chi connectivity index (χ3n) is 3.04. The van der Waals surface area contributed by atoms with Gasteiger partial charge in [0.05, 0.1) is 4.47 Å². The monoisotopic (exact) mass is 429 g/mol. The number of benzene rings is 2. The molecule has 0 radical (unpaired) electrons. The maximum absolute atomic E-state index is 13.4. The number of hydrogen-bond donors (Lipinski definition) is 1. The summed E-state index contributed by atoms with van der Waals surface area (Å²) < 4.78 is 24.1. The maximum atomic E-state index is 13.4. The van der Waals surface area contributed by atoms with Crippen molar-refractivity contribution in [2.45, 2.75) is 6.54 Å². The van der Waals surface area contributed by atoms with Gasteiger partial charge in [0, 0.05) is 17.1 Å². The van der Waals surface area contributed by atoms with E-state index in [4.69, 9.17) is 21.1 Å². The molecule has 0 spiro atoms. The fraction of sp³-hybridized carbons (Fsp3) is 0.176. The standard InChI is InChI=1S/C17H14BrClFNO4/c18-13-7-12(19)5-6-15(13)24-10-17(23)25-9-16(22)21-8-11-3-1-2-4-14(11)20/h1-7H,8-10H2,(H,21,22). The zero-order chi connectivity index (χ0) is 18.2. The Balaban J connectivity index is 1.70. The second kappa shape index (κ2) is 9.39. The van der Waals surface area contributed by atoms with Gasteiger partial charge in [-0.25, -0.2) is 9.18 Å². The van der Waals surface area contributed by atoms with Gasteiger partial charge in [0.2, 0.25) is 0 Å². The van der Waals surface area contributed by atoms with E-state index in [1.807, 2.05) is 0 Å². The molecular weight excluding hydrogens is 417 g/mol. The van der Waals surface area contributed by atoms with Gasteiger partial charge in [-0.2, -0.15) is 0 Å². The predicted molar refractivity (Wildman–Crippen MR) is 93.9 cm³/mol. The van der Waals surface area contributed by atoms with E-state index in [-0.39, 0.29) is 13.2 Å². The first-order valence-corrected chi connectivity index (χ1v) is 8.36. The average molecular weight is 431 g/mol. The molecule has 1 amide bonds. The lowest BCUT2D eigenvalue weighted by molar-refractivity contribution is -0.150. The van der Waals surface area contributed by atoms with Crippen molar-refractivity contribution in [3.05, 3.63) is 63.3 Å². The quantitative estimate of drug-likeness (QED) is 0.683. The highest BCUT2D eigenvalue weighted by Crippen LogP contribution is 2.27. The van der Waals surface area contributed by atoms with Crippen molar-refractivity contribution in [1.82, 2.24) is 5.32 Å².